The van der Waals surface area contributed by atoms with E-state index in [2.05, 4.69) is 5.32 Å². The molecule has 0 spiro atoms. The molecule has 3 N–H and O–H groups in total. The molecule has 30 heavy (non-hydrogen) atoms. The minimum Gasteiger partial charge on any atom is -0.351 e. The van der Waals surface area contributed by atoms with Crippen molar-refractivity contribution in [3.05, 3.63) is 35.4 Å². The summed E-state index contributed by atoms with van der Waals surface area (Å²) in [5.74, 6) is -1.70. The lowest BCUT2D eigenvalue weighted by Crippen LogP contribution is -2.44. The molecule has 162 valence electrons. The molecule has 2 aliphatic carbocycles. The van der Waals surface area contributed by atoms with Crippen LogP contribution in [0.15, 0.2) is 18.2 Å². The first kappa shape index (κ1) is 20.8. The van der Waals surface area contributed by atoms with Crippen LogP contribution in [0.1, 0.15) is 50.5 Å². The summed E-state index contributed by atoms with van der Waals surface area (Å²) in [7, 11) is 0. The van der Waals surface area contributed by atoms with Crippen molar-refractivity contribution in [3.8, 4) is 0 Å². The average molecular weight is 419 g/mol. The highest BCUT2D eigenvalue weighted by Crippen LogP contribution is 2.66. The second-order valence-corrected chi connectivity index (χ2v) is 9.12. The van der Waals surface area contributed by atoms with E-state index in [4.69, 9.17) is 5.73 Å². The van der Waals surface area contributed by atoms with Crippen molar-refractivity contribution < 1.29 is 23.2 Å². The van der Waals surface area contributed by atoms with Crippen molar-refractivity contribution in [1.82, 2.24) is 10.2 Å². The van der Waals surface area contributed by atoms with E-state index in [0.717, 1.165) is 24.5 Å². The third-order valence-corrected chi connectivity index (χ3v) is 7.17. The molecule has 0 radical (unpaired) electrons. The van der Waals surface area contributed by atoms with Crippen molar-refractivity contribution in [2.24, 2.45) is 28.9 Å². The first-order chi connectivity index (χ1) is 14.2. The molecule has 4 amide bonds. The standard InChI is InChI=1S/C22H27F2N3O3/c1-12-11-27(7-6-16(12)13-2-5-17(23)18(24)8-13)19(28)9-15-10-22(15,14-3-4-14)20(29)26-21(25)30/h2,5,8,12,14-16H,3-4,6-7,9-11H2,1H3,(H3,25,26,29,30)/t12-,15?,16-,22-/m0/s1. The highest BCUT2D eigenvalue weighted by molar-refractivity contribution is 5.99. The van der Waals surface area contributed by atoms with E-state index < -0.39 is 23.1 Å². The topological polar surface area (TPSA) is 92.5 Å². The van der Waals surface area contributed by atoms with Crippen molar-refractivity contribution >= 4 is 17.8 Å². The fourth-order valence-corrected chi connectivity index (χ4v) is 5.34. The molecule has 8 heteroatoms. The third-order valence-electron chi connectivity index (χ3n) is 7.17. The van der Waals surface area contributed by atoms with Gasteiger partial charge in [-0.2, -0.15) is 0 Å². The molecule has 1 unspecified atom stereocenters. The lowest BCUT2D eigenvalue weighted by molar-refractivity contribution is -0.134. The van der Waals surface area contributed by atoms with E-state index in [0.29, 0.717) is 25.9 Å². The Morgan fingerprint density at radius 1 is 1.20 bits per heavy atom. The Morgan fingerprint density at radius 2 is 1.93 bits per heavy atom. The number of urea groups is 1. The second-order valence-electron chi connectivity index (χ2n) is 9.12. The van der Waals surface area contributed by atoms with Crippen molar-refractivity contribution in [3.63, 3.8) is 0 Å². The van der Waals surface area contributed by atoms with Crippen LogP contribution < -0.4 is 11.1 Å². The van der Waals surface area contributed by atoms with Gasteiger partial charge in [0, 0.05) is 19.5 Å². The van der Waals surface area contributed by atoms with Gasteiger partial charge < -0.3 is 10.6 Å². The SMILES string of the molecule is C[C@H]1CN(C(=O)CC2C[C@]2(C(=O)NC(N)=O)C2CC2)CC[C@@H]1c1ccc(F)c(F)c1. The van der Waals surface area contributed by atoms with Crippen molar-refractivity contribution in [2.45, 2.75) is 44.9 Å². The van der Waals surface area contributed by atoms with Crippen LogP contribution in [0.4, 0.5) is 13.6 Å². The van der Waals surface area contributed by atoms with Crippen LogP contribution in [0, 0.1) is 34.8 Å². The Balaban J connectivity index is 1.36. The van der Waals surface area contributed by atoms with E-state index in [1.54, 1.807) is 6.07 Å². The van der Waals surface area contributed by atoms with E-state index in [1.807, 2.05) is 11.8 Å². The number of carbonyl (C=O) groups excluding carboxylic acids is 3. The smallest absolute Gasteiger partial charge is 0.318 e. The Hall–Kier alpha value is -2.51. The minimum absolute atomic E-state index is 0.00462. The summed E-state index contributed by atoms with van der Waals surface area (Å²) in [6, 6.07) is 3.16. The second kappa shape index (κ2) is 7.63. The van der Waals surface area contributed by atoms with Gasteiger partial charge in [0.05, 0.1) is 5.41 Å². The molecule has 1 aromatic rings. The van der Waals surface area contributed by atoms with Crippen molar-refractivity contribution in [2.75, 3.05) is 13.1 Å². The lowest BCUT2D eigenvalue weighted by atomic mass is 9.81. The summed E-state index contributed by atoms with van der Waals surface area (Å²) >= 11 is 0. The van der Waals surface area contributed by atoms with Crippen LogP contribution in [0.3, 0.4) is 0 Å². The number of hydrogen-bond donors (Lipinski definition) is 2. The first-order valence-electron chi connectivity index (χ1n) is 10.6. The Bertz CT molecular complexity index is 888. The molecule has 2 saturated carbocycles. The van der Waals surface area contributed by atoms with E-state index in [-0.39, 0.29) is 41.9 Å². The average Bonchev–Trinajstić information content (AvgIpc) is 3.57. The van der Waals surface area contributed by atoms with E-state index in [9.17, 15) is 23.2 Å². The predicted molar refractivity (Wildman–Crippen MR) is 105 cm³/mol. The highest BCUT2D eigenvalue weighted by Gasteiger charge is 2.67. The molecular formula is C22H27F2N3O3. The molecule has 3 fully saturated rings. The summed E-state index contributed by atoms with van der Waals surface area (Å²) in [6.45, 7) is 3.10. The number of halogens is 2. The number of carbonyl (C=O) groups is 3. The molecule has 1 aromatic carbocycles. The van der Waals surface area contributed by atoms with Crippen LogP contribution in [-0.4, -0.2) is 35.8 Å². The number of nitrogens with one attached hydrogen (secondary N) is 1. The molecule has 3 aliphatic rings. The number of nitrogens with zero attached hydrogens (tertiary/aromatic N) is 1. The monoisotopic (exact) mass is 419 g/mol. The predicted octanol–water partition coefficient (Wildman–Crippen LogP) is 2.92. The van der Waals surface area contributed by atoms with Gasteiger partial charge in [-0.05, 0) is 67.1 Å². The molecular weight excluding hydrogens is 392 g/mol. The maximum absolute atomic E-state index is 13.6. The van der Waals surface area contributed by atoms with Gasteiger partial charge >= 0.3 is 6.03 Å². The van der Waals surface area contributed by atoms with Gasteiger partial charge in [-0.15, -0.1) is 0 Å². The fourth-order valence-electron chi connectivity index (χ4n) is 5.34. The number of imide groups is 1. The van der Waals surface area contributed by atoms with Crippen LogP contribution >= 0.6 is 0 Å². The quantitative estimate of drug-likeness (QED) is 0.769. The van der Waals surface area contributed by atoms with Crippen LogP contribution in [0.25, 0.3) is 0 Å². The normalized spacial score (nSPS) is 30.6. The number of benzene rings is 1. The number of hydrogen-bond acceptors (Lipinski definition) is 3. The summed E-state index contributed by atoms with van der Waals surface area (Å²) in [5, 5.41) is 2.21. The Kier molecular flexibility index (Phi) is 5.28. The molecule has 1 aliphatic heterocycles. The van der Waals surface area contributed by atoms with E-state index >= 15 is 0 Å². The number of primary amides is 1. The maximum Gasteiger partial charge on any atom is 0.318 e. The Morgan fingerprint density at radius 3 is 2.53 bits per heavy atom. The summed E-state index contributed by atoms with van der Waals surface area (Å²) in [4.78, 5) is 38.3. The molecule has 4 atom stereocenters. The molecule has 0 aromatic heterocycles. The zero-order chi connectivity index (χ0) is 21.6. The van der Waals surface area contributed by atoms with Crippen LogP contribution in [-0.2, 0) is 9.59 Å². The molecule has 4 rings (SSSR count). The maximum atomic E-state index is 13.6. The summed E-state index contributed by atoms with van der Waals surface area (Å²) in [6.07, 6.45) is 3.45. The fraction of sp³-hybridized carbons (Fsp3) is 0.591. The van der Waals surface area contributed by atoms with Gasteiger partial charge in [0.2, 0.25) is 11.8 Å². The number of likely N-dealkylation sites (tertiary alicyclic amines) is 1. The molecule has 6 nitrogen and oxygen atoms in total. The van der Waals surface area contributed by atoms with Gasteiger partial charge in [-0.3, -0.25) is 14.9 Å². The van der Waals surface area contributed by atoms with Crippen molar-refractivity contribution in [1.29, 1.82) is 0 Å². The van der Waals surface area contributed by atoms with Gasteiger partial charge in [0.15, 0.2) is 11.6 Å². The Labute approximate surface area is 174 Å². The first-order valence-corrected chi connectivity index (χ1v) is 10.6. The lowest BCUT2D eigenvalue weighted by Gasteiger charge is -2.37. The minimum atomic E-state index is -0.858. The van der Waals surface area contributed by atoms with Gasteiger partial charge in [-0.25, -0.2) is 13.6 Å². The molecule has 0 bridgehead atoms. The largest absolute Gasteiger partial charge is 0.351 e. The third kappa shape index (κ3) is 3.79. The zero-order valence-electron chi connectivity index (χ0n) is 17.0. The summed E-state index contributed by atoms with van der Waals surface area (Å²) in [5.41, 5.74) is 5.24. The van der Waals surface area contributed by atoms with Crippen LogP contribution in [0.2, 0.25) is 0 Å². The molecule has 1 saturated heterocycles. The number of amides is 4. The highest BCUT2D eigenvalue weighted by atomic mass is 19.2. The molecule has 1 heterocycles. The zero-order valence-corrected chi connectivity index (χ0v) is 17.0. The number of rotatable bonds is 5. The van der Waals surface area contributed by atoms with Gasteiger partial charge in [0.1, 0.15) is 0 Å². The number of piperidine rings is 1. The summed E-state index contributed by atoms with van der Waals surface area (Å²) < 4.78 is 26.8. The number of nitrogens with two attached hydrogens (primary N) is 1. The van der Waals surface area contributed by atoms with Crippen LogP contribution in [0.5, 0.6) is 0 Å². The van der Waals surface area contributed by atoms with Gasteiger partial charge in [-0.1, -0.05) is 13.0 Å². The van der Waals surface area contributed by atoms with E-state index in [1.165, 1.54) is 6.07 Å². The van der Waals surface area contributed by atoms with Gasteiger partial charge in [0.25, 0.3) is 0 Å².